The normalized spacial score (nSPS) is 10.3. The summed E-state index contributed by atoms with van der Waals surface area (Å²) in [6.45, 7) is 2.29. The van der Waals surface area contributed by atoms with Gasteiger partial charge >= 0.3 is 5.97 Å². The monoisotopic (exact) mass is 276 g/mol. The molecular formula is C13H16N4O3. The van der Waals surface area contributed by atoms with Crippen LogP contribution in [0.3, 0.4) is 0 Å². The molecule has 1 aromatic heterocycles. The number of nitrogens with zero attached hydrogens (tertiary/aromatic N) is 3. The molecule has 0 unspecified atom stereocenters. The highest BCUT2D eigenvalue weighted by Crippen LogP contribution is 2.25. The van der Waals surface area contributed by atoms with Gasteiger partial charge in [0.2, 0.25) is 0 Å². The lowest BCUT2D eigenvalue weighted by atomic mass is 10.1. The first-order chi connectivity index (χ1) is 9.63. The van der Waals surface area contributed by atoms with E-state index in [1.807, 2.05) is 6.92 Å². The molecule has 0 atom stereocenters. The van der Waals surface area contributed by atoms with Crippen molar-refractivity contribution in [3.05, 3.63) is 35.9 Å². The molecule has 0 bridgehead atoms. The average molecular weight is 276 g/mol. The van der Waals surface area contributed by atoms with E-state index in [0.717, 1.165) is 0 Å². The van der Waals surface area contributed by atoms with Crippen molar-refractivity contribution in [2.75, 3.05) is 12.3 Å². The van der Waals surface area contributed by atoms with E-state index in [4.69, 9.17) is 15.2 Å². The van der Waals surface area contributed by atoms with Crippen LogP contribution < -0.4 is 10.5 Å². The van der Waals surface area contributed by atoms with Gasteiger partial charge in [0, 0.05) is 12.7 Å². The molecular weight excluding hydrogens is 260 g/mol. The smallest absolute Gasteiger partial charge is 0.344 e. The van der Waals surface area contributed by atoms with E-state index >= 15 is 0 Å². The van der Waals surface area contributed by atoms with Gasteiger partial charge in [0.05, 0.1) is 6.61 Å². The minimum absolute atomic E-state index is 0.0230. The van der Waals surface area contributed by atoms with E-state index in [1.165, 1.54) is 11.0 Å². The van der Waals surface area contributed by atoms with Gasteiger partial charge in [-0.05, 0) is 19.1 Å². The Morgan fingerprint density at radius 2 is 2.25 bits per heavy atom. The Bertz CT molecular complexity index is 609. The van der Waals surface area contributed by atoms with Crippen molar-refractivity contribution in [3.8, 4) is 5.75 Å². The standard InChI is InChI=1S/C13H16N4O3/c1-3-19-10-6-4-5-9(14)12(10)13(18)20-7-11-15-8-16-17(11)2/h4-6,8H,3,7,14H2,1-2H3. The summed E-state index contributed by atoms with van der Waals surface area (Å²) in [4.78, 5) is 16.1. The van der Waals surface area contributed by atoms with E-state index in [2.05, 4.69) is 10.1 Å². The Kier molecular flexibility index (Phi) is 4.19. The maximum atomic E-state index is 12.1. The van der Waals surface area contributed by atoms with E-state index in [-0.39, 0.29) is 12.2 Å². The number of anilines is 1. The topological polar surface area (TPSA) is 92.3 Å². The lowest BCUT2D eigenvalue weighted by Crippen LogP contribution is -2.12. The number of hydrogen-bond acceptors (Lipinski definition) is 6. The number of nitrogen functional groups attached to an aromatic ring is 1. The Hall–Kier alpha value is -2.57. The predicted molar refractivity (Wildman–Crippen MR) is 72.1 cm³/mol. The maximum Gasteiger partial charge on any atom is 0.344 e. The minimum Gasteiger partial charge on any atom is -0.493 e. The summed E-state index contributed by atoms with van der Waals surface area (Å²) in [6.07, 6.45) is 1.39. The fourth-order valence-corrected chi connectivity index (χ4v) is 1.70. The molecule has 0 saturated carbocycles. The third-order valence-electron chi connectivity index (χ3n) is 2.70. The molecule has 0 radical (unpaired) electrons. The van der Waals surface area contributed by atoms with Crippen LogP contribution in [-0.4, -0.2) is 27.3 Å². The average Bonchev–Trinajstić information content (AvgIpc) is 2.82. The molecule has 2 N–H and O–H groups in total. The number of nitrogens with two attached hydrogens (primary N) is 1. The number of benzene rings is 1. The molecule has 0 spiro atoms. The van der Waals surface area contributed by atoms with Crippen LogP contribution in [0.4, 0.5) is 5.69 Å². The van der Waals surface area contributed by atoms with Gasteiger partial charge in [-0.15, -0.1) is 0 Å². The number of aromatic nitrogens is 3. The second-order valence-electron chi connectivity index (χ2n) is 4.03. The third-order valence-corrected chi connectivity index (χ3v) is 2.70. The molecule has 0 fully saturated rings. The lowest BCUT2D eigenvalue weighted by molar-refractivity contribution is 0.0455. The molecule has 1 heterocycles. The van der Waals surface area contributed by atoms with E-state index in [0.29, 0.717) is 23.9 Å². The second kappa shape index (κ2) is 6.05. The summed E-state index contributed by atoms with van der Waals surface area (Å²) >= 11 is 0. The molecule has 7 nitrogen and oxygen atoms in total. The molecule has 2 rings (SSSR count). The molecule has 0 aliphatic carbocycles. The van der Waals surface area contributed by atoms with Gasteiger partial charge in [0.1, 0.15) is 17.6 Å². The van der Waals surface area contributed by atoms with Crippen molar-refractivity contribution in [1.29, 1.82) is 0 Å². The Labute approximate surface area is 116 Å². The van der Waals surface area contributed by atoms with Crippen molar-refractivity contribution < 1.29 is 14.3 Å². The first-order valence-corrected chi connectivity index (χ1v) is 6.14. The SMILES string of the molecule is CCOc1cccc(N)c1C(=O)OCc1ncnn1C. The van der Waals surface area contributed by atoms with Gasteiger partial charge in [0.25, 0.3) is 0 Å². The zero-order valence-corrected chi connectivity index (χ0v) is 11.4. The summed E-state index contributed by atoms with van der Waals surface area (Å²) in [7, 11) is 1.72. The number of carbonyl (C=O) groups is 1. The zero-order valence-electron chi connectivity index (χ0n) is 11.4. The molecule has 2 aromatic rings. The first-order valence-electron chi connectivity index (χ1n) is 6.14. The quantitative estimate of drug-likeness (QED) is 0.650. The van der Waals surface area contributed by atoms with Gasteiger partial charge in [-0.3, -0.25) is 4.68 Å². The van der Waals surface area contributed by atoms with Crippen LogP contribution in [0.25, 0.3) is 0 Å². The fourth-order valence-electron chi connectivity index (χ4n) is 1.70. The second-order valence-corrected chi connectivity index (χ2v) is 4.03. The van der Waals surface area contributed by atoms with E-state index < -0.39 is 5.97 Å². The number of rotatable bonds is 5. The van der Waals surface area contributed by atoms with Gasteiger partial charge in [-0.25, -0.2) is 9.78 Å². The number of aryl methyl sites for hydroxylation is 1. The van der Waals surface area contributed by atoms with E-state index in [1.54, 1.807) is 25.2 Å². The van der Waals surface area contributed by atoms with Crippen LogP contribution in [0.2, 0.25) is 0 Å². The number of hydrogen-bond donors (Lipinski definition) is 1. The third kappa shape index (κ3) is 2.87. The molecule has 0 saturated heterocycles. The summed E-state index contributed by atoms with van der Waals surface area (Å²) in [5, 5.41) is 3.90. The van der Waals surface area contributed by atoms with Crippen LogP contribution >= 0.6 is 0 Å². The highest BCUT2D eigenvalue weighted by molar-refractivity contribution is 5.98. The first kappa shape index (κ1) is 13.9. The highest BCUT2D eigenvalue weighted by atomic mass is 16.5. The van der Waals surface area contributed by atoms with Crippen LogP contribution in [0.15, 0.2) is 24.5 Å². The van der Waals surface area contributed by atoms with Gasteiger partial charge in [-0.1, -0.05) is 6.07 Å². The summed E-state index contributed by atoms with van der Waals surface area (Å²) < 4.78 is 12.1. The van der Waals surface area contributed by atoms with E-state index in [9.17, 15) is 4.79 Å². The Morgan fingerprint density at radius 1 is 1.45 bits per heavy atom. The highest BCUT2D eigenvalue weighted by Gasteiger charge is 2.18. The summed E-state index contributed by atoms with van der Waals surface area (Å²) in [5.41, 5.74) is 6.37. The summed E-state index contributed by atoms with van der Waals surface area (Å²) in [6, 6.07) is 5.03. The van der Waals surface area contributed by atoms with Gasteiger partial charge < -0.3 is 15.2 Å². The van der Waals surface area contributed by atoms with Crippen LogP contribution in [0.1, 0.15) is 23.1 Å². The Balaban J connectivity index is 2.15. The van der Waals surface area contributed by atoms with Crippen molar-refractivity contribution in [3.63, 3.8) is 0 Å². The molecule has 0 aliphatic rings. The van der Waals surface area contributed by atoms with Crippen LogP contribution in [0, 0.1) is 0 Å². The molecule has 20 heavy (non-hydrogen) atoms. The lowest BCUT2D eigenvalue weighted by Gasteiger charge is -2.11. The van der Waals surface area contributed by atoms with Crippen molar-refractivity contribution in [1.82, 2.24) is 14.8 Å². The van der Waals surface area contributed by atoms with Crippen molar-refractivity contribution in [2.24, 2.45) is 7.05 Å². The van der Waals surface area contributed by atoms with Crippen LogP contribution in [-0.2, 0) is 18.4 Å². The molecule has 1 aromatic carbocycles. The minimum atomic E-state index is -0.547. The molecule has 0 aliphatic heterocycles. The largest absolute Gasteiger partial charge is 0.493 e. The number of ether oxygens (including phenoxy) is 2. The van der Waals surface area contributed by atoms with Crippen molar-refractivity contribution >= 4 is 11.7 Å². The fraction of sp³-hybridized carbons (Fsp3) is 0.308. The van der Waals surface area contributed by atoms with Gasteiger partial charge in [0.15, 0.2) is 12.4 Å². The number of carbonyl (C=O) groups excluding carboxylic acids is 1. The summed E-state index contributed by atoms with van der Waals surface area (Å²) in [5.74, 6) is 0.413. The molecule has 7 heteroatoms. The predicted octanol–water partition coefficient (Wildman–Crippen LogP) is 1.15. The zero-order chi connectivity index (χ0) is 14.5. The Morgan fingerprint density at radius 3 is 2.90 bits per heavy atom. The maximum absolute atomic E-state index is 12.1. The van der Waals surface area contributed by atoms with Crippen LogP contribution in [0.5, 0.6) is 5.75 Å². The molecule has 106 valence electrons. The molecule has 0 amide bonds. The van der Waals surface area contributed by atoms with Gasteiger partial charge in [-0.2, -0.15) is 5.10 Å². The van der Waals surface area contributed by atoms with Crippen molar-refractivity contribution in [2.45, 2.75) is 13.5 Å². The number of esters is 1.